The third-order valence-corrected chi connectivity index (χ3v) is 8.26. The molecule has 0 unspecified atom stereocenters. The summed E-state index contributed by atoms with van der Waals surface area (Å²) in [5.41, 5.74) is 2.29. The van der Waals surface area contributed by atoms with Gasteiger partial charge in [-0.25, -0.2) is 18.1 Å². The van der Waals surface area contributed by atoms with Gasteiger partial charge in [-0.3, -0.25) is 4.68 Å². The Morgan fingerprint density at radius 1 is 0.976 bits per heavy atom. The van der Waals surface area contributed by atoms with Crippen LogP contribution in [-0.2, 0) is 23.5 Å². The maximum absolute atomic E-state index is 14.0. The van der Waals surface area contributed by atoms with Gasteiger partial charge in [0.1, 0.15) is 10.7 Å². The Balaban J connectivity index is 1.62. The number of rotatable bonds is 8. The number of halogens is 3. The van der Waals surface area contributed by atoms with Crippen LogP contribution in [-0.4, -0.2) is 72.5 Å². The zero-order valence-corrected chi connectivity index (χ0v) is 24.2. The van der Waals surface area contributed by atoms with Crippen molar-refractivity contribution < 1.29 is 21.6 Å². The van der Waals surface area contributed by atoms with Gasteiger partial charge < -0.3 is 15.1 Å². The molecule has 0 aliphatic carbocycles. The molecule has 1 aliphatic rings. The minimum absolute atomic E-state index is 0.0259. The Bertz CT molecular complexity index is 1680. The van der Waals surface area contributed by atoms with Crippen molar-refractivity contribution in [2.45, 2.75) is 24.4 Å². The number of sulfonamides is 1. The highest BCUT2D eigenvalue weighted by atomic mass is 32.2. The van der Waals surface area contributed by atoms with Gasteiger partial charge >= 0.3 is 6.18 Å². The van der Waals surface area contributed by atoms with E-state index in [9.17, 15) is 21.6 Å². The third-order valence-electron chi connectivity index (χ3n) is 6.98. The van der Waals surface area contributed by atoms with Crippen molar-refractivity contribution in [1.82, 2.24) is 24.6 Å². The average Bonchev–Trinajstić information content (AvgIpc) is 3.37. The van der Waals surface area contributed by atoms with Crippen LogP contribution in [0.1, 0.15) is 11.1 Å². The summed E-state index contributed by atoms with van der Waals surface area (Å²) in [5.74, 6) is -0.527. The predicted octanol–water partition coefficient (Wildman–Crippen LogP) is 4.59. The molecule has 42 heavy (non-hydrogen) atoms. The van der Waals surface area contributed by atoms with Gasteiger partial charge in [0.15, 0.2) is 0 Å². The Kier molecular flexibility index (Phi) is 8.10. The quantitative estimate of drug-likeness (QED) is 0.303. The highest BCUT2D eigenvalue weighted by molar-refractivity contribution is 7.92. The zero-order valence-electron chi connectivity index (χ0n) is 23.4. The molecule has 14 heteroatoms. The van der Waals surface area contributed by atoms with Crippen LogP contribution in [0.2, 0.25) is 0 Å². The number of anilines is 4. The largest absolute Gasteiger partial charge is 0.393 e. The van der Waals surface area contributed by atoms with Crippen LogP contribution in [0.3, 0.4) is 0 Å². The van der Waals surface area contributed by atoms with E-state index >= 15 is 0 Å². The number of nitrogens with zero attached hydrogens (tertiary/aromatic N) is 6. The predicted molar refractivity (Wildman–Crippen MR) is 155 cm³/mol. The molecule has 0 bridgehead atoms. The van der Waals surface area contributed by atoms with Gasteiger partial charge in [0, 0.05) is 61.9 Å². The Morgan fingerprint density at radius 2 is 1.71 bits per heavy atom. The van der Waals surface area contributed by atoms with Crippen molar-refractivity contribution in [1.29, 1.82) is 0 Å². The van der Waals surface area contributed by atoms with Gasteiger partial charge in [0.05, 0.1) is 18.3 Å². The van der Waals surface area contributed by atoms with Gasteiger partial charge in [-0.05, 0) is 37.7 Å². The molecule has 2 aromatic heterocycles. The molecule has 222 valence electrons. The molecule has 1 saturated heterocycles. The molecule has 0 atom stereocenters. The molecule has 2 N–H and O–H groups in total. The van der Waals surface area contributed by atoms with E-state index in [4.69, 9.17) is 0 Å². The number of aromatic nitrogens is 4. The summed E-state index contributed by atoms with van der Waals surface area (Å²) in [6.45, 7) is 5.15. The lowest BCUT2D eigenvalue weighted by molar-refractivity contribution is -0.127. The first-order valence-electron chi connectivity index (χ1n) is 13.2. The number of piperazine rings is 1. The van der Waals surface area contributed by atoms with Crippen LogP contribution < -0.4 is 14.9 Å². The summed E-state index contributed by atoms with van der Waals surface area (Å²) in [4.78, 5) is 12.9. The molecule has 2 aromatic carbocycles. The van der Waals surface area contributed by atoms with E-state index in [0.717, 1.165) is 38.1 Å². The maximum Gasteiger partial charge on any atom is 0.393 e. The first-order chi connectivity index (χ1) is 19.9. The molecule has 0 spiro atoms. The third kappa shape index (κ3) is 6.82. The lowest BCUT2D eigenvalue weighted by Crippen LogP contribution is -2.44. The minimum atomic E-state index is -4.59. The van der Waals surface area contributed by atoms with Crippen LogP contribution in [0.25, 0.3) is 11.3 Å². The molecule has 1 aliphatic heterocycles. The van der Waals surface area contributed by atoms with Crippen molar-refractivity contribution in [3.05, 3.63) is 72.1 Å². The Hall–Kier alpha value is -4.17. The second-order valence-corrected chi connectivity index (χ2v) is 11.9. The molecule has 0 saturated carbocycles. The molecule has 1 fully saturated rings. The maximum atomic E-state index is 14.0. The molecule has 4 aromatic rings. The van der Waals surface area contributed by atoms with E-state index in [1.807, 2.05) is 18.2 Å². The molecular weight excluding hydrogens is 569 g/mol. The SMILES string of the molecule is Cc1ccccc1-c1nc(NS(=O)(=O)c2cnn(C)c2)nc(Nc2cccc(N3CCN(C)CC3)c2)c1CC(F)(F)F. The lowest BCUT2D eigenvalue weighted by atomic mass is 9.99. The number of benzene rings is 2. The van der Waals surface area contributed by atoms with Crippen molar-refractivity contribution >= 4 is 33.2 Å². The second-order valence-electron chi connectivity index (χ2n) is 10.3. The van der Waals surface area contributed by atoms with E-state index in [2.05, 4.69) is 42.0 Å². The van der Waals surface area contributed by atoms with E-state index in [1.165, 1.54) is 10.9 Å². The smallest absolute Gasteiger partial charge is 0.369 e. The fraction of sp³-hybridized carbons (Fsp3) is 0.321. The van der Waals surface area contributed by atoms with Crippen LogP contribution in [0.15, 0.2) is 65.8 Å². The van der Waals surface area contributed by atoms with E-state index < -0.39 is 22.6 Å². The molecule has 10 nitrogen and oxygen atoms in total. The van der Waals surface area contributed by atoms with Crippen LogP contribution in [0.5, 0.6) is 0 Å². The standard InChI is InChI=1S/C28H31F3N8O2S/c1-19-7-4-5-10-23(19)25-24(16-28(29,30)31)26(35-27(34-25)36-42(40,41)22-17-32-38(3)18-22)33-20-8-6-9-21(15-20)39-13-11-37(2)12-14-39/h4-10,15,17-18H,11-14,16H2,1-3H3,(H2,33,34,35,36). The molecular formula is C28H31F3N8O2S. The number of alkyl halides is 3. The van der Waals surface area contributed by atoms with Crippen LogP contribution in [0, 0.1) is 6.92 Å². The second kappa shape index (κ2) is 11.6. The van der Waals surface area contributed by atoms with Crippen molar-refractivity contribution in [3.8, 4) is 11.3 Å². The van der Waals surface area contributed by atoms with E-state index in [-0.39, 0.29) is 27.9 Å². The Labute approximate surface area is 242 Å². The summed E-state index contributed by atoms with van der Waals surface area (Å²) in [7, 11) is -0.564. The number of hydrogen-bond donors (Lipinski definition) is 2. The first kappa shape index (κ1) is 29.3. The first-order valence-corrected chi connectivity index (χ1v) is 14.7. The number of likely N-dealkylation sites (N-methyl/N-ethyl adjacent to an activating group) is 1. The number of hydrogen-bond acceptors (Lipinski definition) is 8. The van der Waals surface area contributed by atoms with Gasteiger partial charge in [-0.2, -0.15) is 23.3 Å². The molecule has 0 radical (unpaired) electrons. The van der Waals surface area contributed by atoms with Crippen molar-refractivity contribution in [3.63, 3.8) is 0 Å². The molecule has 5 rings (SSSR count). The summed E-state index contributed by atoms with van der Waals surface area (Å²) >= 11 is 0. The summed E-state index contributed by atoms with van der Waals surface area (Å²) < 4.78 is 71.8. The fourth-order valence-electron chi connectivity index (χ4n) is 4.76. The van der Waals surface area contributed by atoms with Crippen molar-refractivity contribution in [2.75, 3.05) is 48.2 Å². The average molecular weight is 601 g/mol. The molecule has 0 amide bonds. The highest BCUT2D eigenvalue weighted by Gasteiger charge is 2.33. The van der Waals surface area contributed by atoms with Crippen LogP contribution >= 0.6 is 0 Å². The number of nitrogens with one attached hydrogen (secondary N) is 2. The summed E-state index contributed by atoms with van der Waals surface area (Å²) in [6, 6.07) is 14.2. The van der Waals surface area contributed by atoms with Gasteiger partial charge in [-0.15, -0.1) is 0 Å². The highest BCUT2D eigenvalue weighted by Crippen LogP contribution is 2.36. The van der Waals surface area contributed by atoms with Crippen molar-refractivity contribution in [2.24, 2.45) is 7.05 Å². The minimum Gasteiger partial charge on any atom is -0.369 e. The normalized spacial score (nSPS) is 14.7. The van der Waals surface area contributed by atoms with Gasteiger partial charge in [0.2, 0.25) is 5.95 Å². The fourth-order valence-corrected chi connectivity index (χ4v) is 5.69. The lowest BCUT2D eigenvalue weighted by Gasteiger charge is -2.34. The monoisotopic (exact) mass is 600 g/mol. The summed E-state index contributed by atoms with van der Waals surface area (Å²) in [5, 5.41) is 6.94. The van der Waals surface area contributed by atoms with Crippen LogP contribution in [0.4, 0.5) is 36.3 Å². The zero-order chi connectivity index (χ0) is 30.1. The van der Waals surface area contributed by atoms with Gasteiger partial charge in [0.25, 0.3) is 10.0 Å². The Morgan fingerprint density at radius 3 is 2.38 bits per heavy atom. The van der Waals surface area contributed by atoms with E-state index in [0.29, 0.717) is 16.8 Å². The topological polar surface area (TPSA) is 108 Å². The summed E-state index contributed by atoms with van der Waals surface area (Å²) in [6.07, 6.45) is -3.46. The van der Waals surface area contributed by atoms with E-state index in [1.54, 1.807) is 44.3 Å². The van der Waals surface area contributed by atoms with Gasteiger partial charge in [-0.1, -0.05) is 30.3 Å². The number of aryl methyl sites for hydroxylation is 2. The molecule has 3 heterocycles.